The number of rotatable bonds is 5. The van der Waals surface area contributed by atoms with Gasteiger partial charge in [0.25, 0.3) is 23.3 Å². The van der Waals surface area contributed by atoms with E-state index in [9.17, 15) is 19.8 Å². The van der Waals surface area contributed by atoms with Gasteiger partial charge in [-0.2, -0.15) is 0 Å². The van der Waals surface area contributed by atoms with Crippen LogP contribution >= 0.6 is 11.3 Å². The lowest BCUT2D eigenvalue weighted by atomic mass is 9.79. The Hall–Kier alpha value is -3.88. The Balaban J connectivity index is 1.28. The van der Waals surface area contributed by atoms with Crippen molar-refractivity contribution in [2.75, 3.05) is 19.7 Å². The summed E-state index contributed by atoms with van der Waals surface area (Å²) in [5.74, 6) is -2.57. The molecule has 5 heterocycles. The summed E-state index contributed by atoms with van der Waals surface area (Å²) in [6.45, 7) is 4.74. The first-order valence-corrected chi connectivity index (χ1v) is 14.0. The number of nitrogens with zero attached hydrogens (tertiary/aromatic N) is 1. The molecule has 2 amide bonds. The molecule has 0 bridgehead atoms. The fourth-order valence-corrected chi connectivity index (χ4v) is 6.93. The molecule has 14 heteroatoms. The molecule has 4 atom stereocenters. The molecule has 1 saturated heterocycles. The molecule has 11 N–H and O–H groups in total. The van der Waals surface area contributed by atoms with Gasteiger partial charge in [0, 0.05) is 5.56 Å². The van der Waals surface area contributed by atoms with Gasteiger partial charge in [-0.15, -0.1) is 11.3 Å². The molecule has 0 aliphatic carbocycles. The highest BCUT2D eigenvalue weighted by Gasteiger charge is 2.78. The number of para-hydroxylation sites is 1. The highest BCUT2D eigenvalue weighted by molar-refractivity contribution is 7.12. The first-order chi connectivity index (χ1) is 19.0. The van der Waals surface area contributed by atoms with E-state index in [4.69, 9.17) is 16.2 Å². The minimum atomic E-state index is -2.54. The summed E-state index contributed by atoms with van der Waals surface area (Å²) >= 11 is 1.31. The Morgan fingerprint density at radius 2 is 2.02 bits per heavy atom. The van der Waals surface area contributed by atoms with Crippen molar-refractivity contribution in [1.82, 2.24) is 21.3 Å². The van der Waals surface area contributed by atoms with Crippen LogP contribution < -0.4 is 42.5 Å². The van der Waals surface area contributed by atoms with Gasteiger partial charge in [0.1, 0.15) is 17.8 Å². The first-order valence-electron chi connectivity index (χ1n) is 13.1. The van der Waals surface area contributed by atoms with Crippen molar-refractivity contribution in [3.8, 4) is 5.75 Å². The van der Waals surface area contributed by atoms with Crippen LogP contribution in [0.2, 0.25) is 0 Å². The SMILES string of the molecule is CC1(C)CCOc2c(C(=O)NC3C[N+]4=C(N)N[C@@H](CNC(=O)c5cccs5)[C@@H]5[NH+]=C(N)N[C@@]54C3(O)O)cccc21. The lowest BCUT2D eigenvalue weighted by molar-refractivity contribution is -0.674. The van der Waals surface area contributed by atoms with Gasteiger partial charge in [0.05, 0.1) is 30.1 Å². The van der Waals surface area contributed by atoms with E-state index in [-0.39, 0.29) is 36.3 Å². The number of carbonyl (C=O) groups is 2. The van der Waals surface area contributed by atoms with Crippen LogP contribution in [0.25, 0.3) is 0 Å². The van der Waals surface area contributed by atoms with Crippen LogP contribution in [0.5, 0.6) is 5.75 Å². The van der Waals surface area contributed by atoms with Gasteiger partial charge in [-0.3, -0.25) is 31.4 Å². The van der Waals surface area contributed by atoms with Gasteiger partial charge in [-0.1, -0.05) is 32.0 Å². The van der Waals surface area contributed by atoms with Gasteiger partial charge < -0.3 is 25.6 Å². The number of fused-ring (bicyclic) bond motifs is 1. The molecular formula is C26H34N8O5S+2. The van der Waals surface area contributed by atoms with E-state index in [1.807, 2.05) is 11.4 Å². The summed E-state index contributed by atoms with van der Waals surface area (Å²) in [4.78, 5) is 29.8. The van der Waals surface area contributed by atoms with Crippen LogP contribution in [0, 0.1) is 0 Å². The van der Waals surface area contributed by atoms with E-state index < -0.39 is 35.5 Å². The largest absolute Gasteiger partial charge is 0.492 e. The van der Waals surface area contributed by atoms with Crippen molar-refractivity contribution in [2.45, 2.75) is 55.3 Å². The zero-order valence-electron chi connectivity index (χ0n) is 22.2. The first kappa shape index (κ1) is 26.3. The smallest absolute Gasteiger partial charge is 0.347 e. The van der Waals surface area contributed by atoms with Crippen LogP contribution in [0.15, 0.2) is 35.7 Å². The monoisotopic (exact) mass is 570 g/mol. The fraction of sp³-hybridized carbons (Fsp3) is 0.462. The molecule has 1 aromatic carbocycles. The van der Waals surface area contributed by atoms with E-state index in [0.29, 0.717) is 22.8 Å². The van der Waals surface area contributed by atoms with Gasteiger partial charge in [0.2, 0.25) is 0 Å². The molecule has 0 radical (unpaired) electrons. The third-order valence-electron chi connectivity index (χ3n) is 8.45. The topological polar surface area (TPSA) is 201 Å². The minimum Gasteiger partial charge on any atom is -0.492 e. The molecule has 1 aromatic heterocycles. The standard InChI is InChI=1S/C26H32N8O5S/c1-24(2)8-9-39-18-13(5-3-6-14(18)24)20(35)31-17-12-34-23(28)30-15(11-29-21(36)16-7-4-10-40-16)19-25(34,26(17,37)38)33-22(27)32-19/h3-7,10,15,17,19,37-38H,8-9,11-12H2,1-2H3,(H7,27,28,29,30,31,32,33,35,36)/p+2/t15-,17?,19-,25-/m0/s1. The molecule has 1 fully saturated rings. The predicted octanol–water partition coefficient (Wildman–Crippen LogP) is -3.61. The van der Waals surface area contributed by atoms with E-state index in [2.05, 4.69) is 40.1 Å². The number of guanidine groups is 2. The second-order valence-electron chi connectivity index (χ2n) is 11.3. The summed E-state index contributed by atoms with van der Waals surface area (Å²) < 4.78 is 7.45. The number of hydrogen-bond donors (Lipinski definition) is 9. The molecular weight excluding hydrogens is 536 g/mol. The summed E-state index contributed by atoms with van der Waals surface area (Å²) in [6, 6.07) is 6.38. The van der Waals surface area contributed by atoms with Gasteiger partial charge >= 0.3 is 11.9 Å². The fourth-order valence-electron chi connectivity index (χ4n) is 6.29. The van der Waals surface area contributed by atoms with Gasteiger partial charge in [-0.05, 0) is 29.3 Å². The highest BCUT2D eigenvalue weighted by atomic mass is 32.1. The zero-order valence-corrected chi connectivity index (χ0v) is 23.0. The summed E-state index contributed by atoms with van der Waals surface area (Å²) in [5.41, 5.74) is 12.0. The summed E-state index contributed by atoms with van der Waals surface area (Å²) in [5, 5.41) is 37.1. The lowest BCUT2D eigenvalue weighted by Gasteiger charge is -2.41. The van der Waals surface area contributed by atoms with E-state index in [1.54, 1.807) is 28.8 Å². The Kier molecular flexibility index (Phi) is 5.98. The molecule has 2 aromatic rings. The number of ether oxygens (including phenoxy) is 1. The normalized spacial score (nSPS) is 29.1. The van der Waals surface area contributed by atoms with Crippen molar-refractivity contribution >= 4 is 35.1 Å². The molecule has 6 rings (SSSR count). The Bertz CT molecular complexity index is 1440. The van der Waals surface area contributed by atoms with Gasteiger partial charge in [-0.25, -0.2) is 9.89 Å². The van der Waals surface area contributed by atoms with Crippen LogP contribution in [0.1, 0.15) is 45.9 Å². The third kappa shape index (κ3) is 3.81. The van der Waals surface area contributed by atoms with Crippen LogP contribution in [-0.4, -0.2) is 87.8 Å². The van der Waals surface area contributed by atoms with E-state index in [0.717, 1.165) is 12.0 Å². The van der Waals surface area contributed by atoms with Gasteiger partial charge in [0.15, 0.2) is 6.04 Å². The molecule has 212 valence electrons. The highest BCUT2D eigenvalue weighted by Crippen LogP contribution is 2.41. The molecule has 4 aliphatic heterocycles. The van der Waals surface area contributed by atoms with Crippen molar-refractivity contribution in [3.63, 3.8) is 0 Å². The van der Waals surface area contributed by atoms with E-state index in [1.165, 1.54) is 11.3 Å². The summed E-state index contributed by atoms with van der Waals surface area (Å²) in [7, 11) is 0. The maximum atomic E-state index is 13.6. The number of carbonyl (C=O) groups excluding carboxylic acids is 2. The number of benzene rings is 1. The summed E-state index contributed by atoms with van der Waals surface area (Å²) in [6.07, 6.45) is 0.816. The molecule has 40 heavy (non-hydrogen) atoms. The van der Waals surface area contributed by atoms with Crippen molar-refractivity contribution < 1.29 is 34.1 Å². The molecule has 0 saturated carbocycles. The second-order valence-corrected chi connectivity index (χ2v) is 12.2. The number of nitrogens with one attached hydrogen (secondary N) is 5. The Morgan fingerprint density at radius 3 is 2.77 bits per heavy atom. The van der Waals surface area contributed by atoms with Crippen LogP contribution in [-0.2, 0) is 5.41 Å². The second kappa shape index (κ2) is 9.08. The maximum absolute atomic E-state index is 13.6. The molecule has 4 aliphatic rings. The number of hydrogen-bond acceptors (Lipinski definition) is 10. The van der Waals surface area contributed by atoms with E-state index >= 15 is 0 Å². The maximum Gasteiger partial charge on any atom is 0.347 e. The Labute approximate surface area is 234 Å². The van der Waals surface area contributed by atoms with Crippen LogP contribution in [0.3, 0.4) is 0 Å². The van der Waals surface area contributed by atoms with Crippen molar-refractivity contribution in [1.29, 1.82) is 0 Å². The zero-order chi connectivity index (χ0) is 28.4. The van der Waals surface area contributed by atoms with Crippen LogP contribution in [0.4, 0.5) is 0 Å². The Morgan fingerprint density at radius 1 is 1.23 bits per heavy atom. The van der Waals surface area contributed by atoms with Crippen molar-refractivity contribution in [2.24, 2.45) is 11.5 Å². The lowest BCUT2D eigenvalue weighted by Crippen LogP contribution is -2.92. The third-order valence-corrected chi connectivity index (χ3v) is 9.31. The number of aliphatic hydroxyl groups is 2. The quantitative estimate of drug-likeness (QED) is 0.129. The number of amides is 2. The molecule has 13 nitrogen and oxygen atoms in total. The number of nitrogens with two attached hydrogens (primary N) is 2. The van der Waals surface area contributed by atoms with Crippen molar-refractivity contribution in [3.05, 3.63) is 51.7 Å². The molecule has 1 spiro atoms. The molecule has 1 unspecified atom stereocenters. The predicted molar refractivity (Wildman–Crippen MR) is 146 cm³/mol. The number of thiophene rings is 1. The minimum absolute atomic E-state index is 0.0360. The average Bonchev–Trinajstić information content (AvgIpc) is 3.61. The average molecular weight is 571 g/mol.